The van der Waals surface area contributed by atoms with Crippen molar-refractivity contribution in [1.29, 1.82) is 0 Å². The minimum atomic E-state index is -0.553. The number of hydrogen-bond acceptors (Lipinski definition) is 4. The predicted octanol–water partition coefficient (Wildman–Crippen LogP) is 0.237. The molecule has 6 nitrogen and oxygen atoms in total. The third-order valence-electron chi connectivity index (χ3n) is 2.31. The lowest BCUT2D eigenvalue weighted by Crippen LogP contribution is -2.46. The topological polar surface area (TPSA) is 59.1 Å². The van der Waals surface area contributed by atoms with Gasteiger partial charge in [-0.05, 0) is 6.42 Å². The van der Waals surface area contributed by atoms with Gasteiger partial charge in [0.25, 0.3) is 5.91 Å². The van der Waals surface area contributed by atoms with Crippen LogP contribution in [0, 0.1) is 0 Å². The molecule has 1 aliphatic heterocycles. The molecule has 86 valence electrons. The Morgan fingerprint density at radius 3 is 2.93 bits per heavy atom. The highest BCUT2D eigenvalue weighted by Gasteiger charge is 2.39. The summed E-state index contributed by atoms with van der Waals surface area (Å²) in [6, 6.07) is -0.553. The van der Waals surface area contributed by atoms with E-state index in [1.807, 2.05) is 6.92 Å². The Morgan fingerprint density at radius 2 is 2.40 bits per heavy atom. The lowest BCUT2D eigenvalue weighted by Gasteiger charge is -2.23. The molecule has 1 heterocycles. The average molecular weight is 216 g/mol. The van der Waals surface area contributed by atoms with Gasteiger partial charge >= 0.3 is 6.09 Å². The molecule has 0 aromatic carbocycles. The van der Waals surface area contributed by atoms with Crippen LogP contribution < -0.4 is 0 Å². The van der Waals surface area contributed by atoms with Gasteiger partial charge in [-0.25, -0.2) is 9.86 Å². The number of carbonyl (C=O) groups is 2. The Morgan fingerprint density at radius 1 is 1.73 bits per heavy atom. The standard InChI is InChI=1S/C9H16N2O4/c1-4-5-11-7(6-15-9(11)13)8(12)10(2)14-3/h7H,4-6H2,1-3H3/t7-/m1/s1. The van der Waals surface area contributed by atoms with Gasteiger partial charge in [-0.1, -0.05) is 6.92 Å². The highest BCUT2D eigenvalue weighted by atomic mass is 16.7. The van der Waals surface area contributed by atoms with E-state index in [1.54, 1.807) is 0 Å². The van der Waals surface area contributed by atoms with Crippen LogP contribution in [0.1, 0.15) is 13.3 Å². The molecule has 0 aromatic rings. The molecule has 0 unspecified atom stereocenters. The van der Waals surface area contributed by atoms with Crippen molar-refractivity contribution in [3.05, 3.63) is 0 Å². The number of ether oxygens (including phenoxy) is 1. The maximum Gasteiger partial charge on any atom is 0.410 e. The van der Waals surface area contributed by atoms with E-state index < -0.39 is 12.1 Å². The summed E-state index contributed by atoms with van der Waals surface area (Å²) in [4.78, 5) is 29.2. The molecular weight excluding hydrogens is 200 g/mol. The fraction of sp³-hybridized carbons (Fsp3) is 0.778. The molecular formula is C9H16N2O4. The Kier molecular flexibility index (Phi) is 3.90. The van der Waals surface area contributed by atoms with Crippen LogP contribution in [0.15, 0.2) is 0 Å². The molecule has 1 saturated heterocycles. The van der Waals surface area contributed by atoms with E-state index in [0.29, 0.717) is 6.54 Å². The Hall–Kier alpha value is -1.30. The molecule has 0 radical (unpaired) electrons. The van der Waals surface area contributed by atoms with Crippen LogP contribution >= 0.6 is 0 Å². The zero-order valence-corrected chi connectivity index (χ0v) is 9.23. The number of cyclic esters (lactones) is 1. The Bertz CT molecular complexity index is 256. The van der Waals surface area contributed by atoms with Gasteiger partial charge in [0.1, 0.15) is 6.61 Å². The van der Waals surface area contributed by atoms with Crippen molar-refractivity contribution in [2.45, 2.75) is 19.4 Å². The molecule has 0 aliphatic carbocycles. The van der Waals surface area contributed by atoms with Crippen molar-refractivity contribution in [2.24, 2.45) is 0 Å². The second kappa shape index (κ2) is 4.97. The fourth-order valence-corrected chi connectivity index (χ4v) is 1.44. The molecule has 2 amide bonds. The van der Waals surface area contributed by atoms with Gasteiger partial charge in [0, 0.05) is 13.6 Å². The van der Waals surface area contributed by atoms with Crippen LogP contribution in [0.4, 0.5) is 4.79 Å². The third-order valence-corrected chi connectivity index (χ3v) is 2.31. The maximum atomic E-state index is 11.7. The van der Waals surface area contributed by atoms with E-state index in [0.717, 1.165) is 11.5 Å². The molecule has 6 heteroatoms. The number of hydrogen-bond donors (Lipinski definition) is 0. The zero-order valence-electron chi connectivity index (χ0n) is 9.23. The summed E-state index contributed by atoms with van der Waals surface area (Å²) < 4.78 is 4.83. The summed E-state index contributed by atoms with van der Waals surface area (Å²) in [6.45, 7) is 2.56. The van der Waals surface area contributed by atoms with Crippen LogP contribution in [0.2, 0.25) is 0 Å². The van der Waals surface area contributed by atoms with E-state index in [1.165, 1.54) is 19.1 Å². The zero-order chi connectivity index (χ0) is 11.4. The number of hydroxylamine groups is 2. The van der Waals surface area contributed by atoms with E-state index in [2.05, 4.69) is 0 Å². The summed E-state index contributed by atoms with van der Waals surface area (Å²) in [5.41, 5.74) is 0. The summed E-state index contributed by atoms with van der Waals surface area (Å²) in [7, 11) is 2.91. The molecule has 0 bridgehead atoms. The van der Waals surface area contributed by atoms with Crippen LogP contribution in [-0.4, -0.2) is 55.3 Å². The average Bonchev–Trinajstić information content (AvgIpc) is 2.59. The minimum Gasteiger partial charge on any atom is -0.447 e. The quantitative estimate of drug-likeness (QED) is 0.631. The van der Waals surface area contributed by atoms with E-state index in [9.17, 15) is 9.59 Å². The summed E-state index contributed by atoms with van der Waals surface area (Å²) in [5, 5.41) is 1.11. The minimum absolute atomic E-state index is 0.103. The normalized spacial score (nSPS) is 20.3. The predicted molar refractivity (Wildman–Crippen MR) is 51.9 cm³/mol. The van der Waals surface area contributed by atoms with Gasteiger partial charge < -0.3 is 4.74 Å². The number of amides is 2. The molecule has 0 spiro atoms. The molecule has 1 aliphatic rings. The number of carbonyl (C=O) groups excluding carboxylic acids is 2. The highest BCUT2D eigenvalue weighted by molar-refractivity contribution is 5.87. The first-order chi connectivity index (χ1) is 7.11. The van der Waals surface area contributed by atoms with Crippen molar-refractivity contribution in [3.8, 4) is 0 Å². The van der Waals surface area contributed by atoms with Gasteiger partial charge in [0.05, 0.1) is 7.11 Å². The van der Waals surface area contributed by atoms with Crippen LogP contribution in [0.25, 0.3) is 0 Å². The second-order valence-corrected chi connectivity index (χ2v) is 3.30. The van der Waals surface area contributed by atoms with Crippen molar-refractivity contribution in [1.82, 2.24) is 9.96 Å². The number of nitrogens with zero attached hydrogens (tertiary/aromatic N) is 2. The first-order valence-corrected chi connectivity index (χ1v) is 4.86. The monoisotopic (exact) mass is 216 g/mol. The Balaban J connectivity index is 2.68. The lowest BCUT2D eigenvalue weighted by molar-refractivity contribution is -0.173. The Labute approximate surface area is 88.7 Å². The number of rotatable bonds is 4. The van der Waals surface area contributed by atoms with Gasteiger partial charge in [-0.3, -0.25) is 14.5 Å². The molecule has 1 atom stereocenters. The van der Waals surface area contributed by atoms with Gasteiger partial charge in [-0.15, -0.1) is 0 Å². The smallest absolute Gasteiger partial charge is 0.410 e. The van der Waals surface area contributed by atoms with E-state index >= 15 is 0 Å². The van der Waals surface area contributed by atoms with Gasteiger partial charge in [-0.2, -0.15) is 0 Å². The first kappa shape index (κ1) is 11.8. The molecule has 1 rings (SSSR count). The van der Waals surface area contributed by atoms with Crippen molar-refractivity contribution in [2.75, 3.05) is 27.3 Å². The first-order valence-electron chi connectivity index (χ1n) is 4.86. The molecule has 1 fully saturated rings. The molecule has 0 N–H and O–H groups in total. The highest BCUT2D eigenvalue weighted by Crippen LogP contribution is 2.14. The summed E-state index contributed by atoms with van der Waals surface area (Å²) >= 11 is 0. The lowest BCUT2D eigenvalue weighted by atomic mass is 10.2. The maximum absolute atomic E-state index is 11.7. The van der Waals surface area contributed by atoms with Gasteiger partial charge in [0.2, 0.25) is 0 Å². The van der Waals surface area contributed by atoms with Gasteiger partial charge in [0.15, 0.2) is 6.04 Å². The van der Waals surface area contributed by atoms with Crippen molar-refractivity contribution >= 4 is 12.0 Å². The fourth-order valence-electron chi connectivity index (χ4n) is 1.44. The van der Waals surface area contributed by atoms with Crippen molar-refractivity contribution < 1.29 is 19.2 Å². The van der Waals surface area contributed by atoms with Crippen LogP contribution in [0.5, 0.6) is 0 Å². The van der Waals surface area contributed by atoms with E-state index in [-0.39, 0.29) is 12.5 Å². The molecule has 15 heavy (non-hydrogen) atoms. The SMILES string of the molecule is CCCN1C(=O)OC[C@@H]1C(=O)N(C)OC. The molecule has 0 aromatic heterocycles. The molecule has 0 saturated carbocycles. The van der Waals surface area contributed by atoms with Crippen LogP contribution in [-0.2, 0) is 14.4 Å². The third kappa shape index (κ3) is 2.38. The van der Waals surface area contributed by atoms with E-state index in [4.69, 9.17) is 9.57 Å². The number of likely N-dealkylation sites (N-methyl/N-ethyl adjacent to an activating group) is 1. The summed E-state index contributed by atoms with van der Waals surface area (Å²) in [6.07, 6.45) is 0.356. The largest absolute Gasteiger partial charge is 0.447 e. The van der Waals surface area contributed by atoms with Crippen molar-refractivity contribution in [3.63, 3.8) is 0 Å². The van der Waals surface area contributed by atoms with Crippen LogP contribution in [0.3, 0.4) is 0 Å². The second-order valence-electron chi connectivity index (χ2n) is 3.30. The summed E-state index contributed by atoms with van der Waals surface area (Å²) in [5.74, 6) is -0.267.